The third kappa shape index (κ3) is 4.76. The van der Waals surface area contributed by atoms with Crippen LogP contribution in [0.15, 0.2) is 40.9 Å². The maximum absolute atomic E-state index is 12.1. The summed E-state index contributed by atoms with van der Waals surface area (Å²) >= 11 is 14.9. The number of thioether (sulfide) groups is 1. The Morgan fingerprint density at radius 1 is 1.40 bits per heavy atom. The lowest BCUT2D eigenvalue weighted by atomic mass is 10.1. The number of H-pyrrole nitrogens is 1. The van der Waals surface area contributed by atoms with Crippen molar-refractivity contribution in [1.82, 2.24) is 20.5 Å². The standard InChI is InChI=1S/C16H14Cl2N4OS2/c1-9(11-5-4-10(17)7-12(11)18)19-14(23)8-25-16-20-15(21-22-16)13-3-2-6-24-13/h2-7,9H,8H2,1H3,(H,19,23)(H,20,21,22)/t9-/m0/s1. The summed E-state index contributed by atoms with van der Waals surface area (Å²) in [7, 11) is 0. The van der Waals surface area contributed by atoms with Crippen LogP contribution in [0.25, 0.3) is 10.7 Å². The zero-order valence-electron chi connectivity index (χ0n) is 13.1. The number of carbonyl (C=O) groups excluding carboxylic acids is 1. The minimum atomic E-state index is -0.216. The van der Waals surface area contributed by atoms with Gasteiger partial charge in [-0.05, 0) is 36.1 Å². The van der Waals surface area contributed by atoms with Gasteiger partial charge in [0.25, 0.3) is 0 Å². The third-order valence-electron chi connectivity index (χ3n) is 3.36. The van der Waals surface area contributed by atoms with E-state index in [1.807, 2.05) is 30.5 Å². The van der Waals surface area contributed by atoms with Gasteiger partial charge in [0, 0.05) is 10.0 Å². The van der Waals surface area contributed by atoms with E-state index in [1.165, 1.54) is 11.8 Å². The first-order chi connectivity index (χ1) is 12.0. The second-order valence-electron chi connectivity index (χ2n) is 5.19. The molecule has 2 aromatic heterocycles. The molecule has 130 valence electrons. The van der Waals surface area contributed by atoms with Crippen molar-refractivity contribution in [3.05, 3.63) is 51.3 Å². The number of rotatable bonds is 6. The van der Waals surface area contributed by atoms with Gasteiger partial charge >= 0.3 is 0 Å². The van der Waals surface area contributed by atoms with Crippen molar-refractivity contribution in [3.63, 3.8) is 0 Å². The summed E-state index contributed by atoms with van der Waals surface area (Å²) in [5.41, 5.74) is 0.822. The number of aromatic amines is 1. The largest absolute Gasteiger partial charge is 0.349 e. The molecule has 0 aliphatic carbocycles. The van der Waals surface area contributed by atoms with Gasteiger partial charge < -0.3 is 5.32 Å². The van der Waals surface area contributed by atoms with Crippen molar-refractivity contribution in [2.45, 2.75) is 18.1 Å². The first-order valence-electron chi connectivity index (χ1n) is 7.36. The number of nitrogens with zero attached hydrogens (tertiary/aromatic N) is 2. The fraction of sp³-hybridized carbons (Fsp3) is 0.188. The summed E-state index contributed by atoms with van der Waals surface area (Å²) in [6.07, 6.45) is 0. The highest BCUT2D eigenvalue weighted by molar-refractivity contribution is 7.99. The van der Waals surface area contributed by atoms with Crippen molar-refractivity contribution in [2.75, 3.05) is 5.75 Å². The van der Waals surface area contributed by atoms with Crippen LogP contribution in [-0.4, -0.2) is 26.8 Å². The zero-order chi connectivity index (χ0) is 17.8. The van der Waals surface area contributed by atoms with Gasteiger partial charge in [0.15, 0.2) is 5.82 Å². The van der Waals surface area contributed by atoms with E-state index < -0.39 is 0 Å². The normalized spacial score (nSPS) is 12.1. The molecule has 0 bridgehead atoms. The van der Waals surface area contributed by atoms with Crippen molar-refractivity contribution in [1.29, 1.82) is 0 Å². The molecule has 1 aromatic carbocycles. The van der Waals surface area contributed by atoms with E-state index in [0.29, 0.717) is 21.0 Å². The average Bonchev–Trinajstić information content (AvgIpc) is 3.24. The number of hydrogen-bond acceptors (Lipinski definition) is 5. The van der Waals surface area contributed by atoms with E-state index >= 15 is 0 Å². The van der Waals surface area contributed by atoms with Gasteiger partial charge in [-0.3, -0.25) is 9.89 Å². The molecule has 0 fully saturated rings. The summed E-state index contributed by atoms with van der Waals surface area (Å²) < 4.78 is 0. The zero-order valence-corrected chi connectivity index (χ0v) is 16.3. The average molecular weight is 413 g/mol. The number of halogens is 2. The van der Waals surface area contributed by atoms with Crippen LogP contribution in [0, 0.1) is 0 Å². The van der Waals surface area contributed by atoms with Crippen LogP contribution >= 0.6 is 46.3 Å². The lowest BCUT2D eigenvalue weighted by Gasteiger charge is -2.15. The molecular weight excluding hydrogens is 399 g/mol. The molecule has 0 aliphatic heterocycles. The SMILES string of the molecule is C[C@H](NC(=O)CSc1n[nH]c(-c2cccs2)n1)c1ccc(Cl)cc1Cl. The topological polar surface area (TPSA) is 70.7 Å². The molecule has 1 atom stereocenters. The van der Waals surface area contributed by atoms with E-state index in [0.717, 1.165) is 10.4 Å². The molecule has 1 amide bonds. The van der Waals surface area contributed by atoms with Crippen LogP contribution < -0.4 is 5.32 Å². The Hall–Kier alpha value is -1.54. The maximum Gasteiger partial charge on any atom is 0.230 e. The summed E-state index contributed by atoms with van der Waals surface area (Å²) in [5, 5.41) is 13.5. The molecule has 3 rings (SSSR count). The highest BCUT2D eigenvalue weighted by Gasteiger charge is 2.14. The Balaban J connectivity index is 1.54. The number of nitrogens with one attached hydrogen (secondary N) is 2. The Bertz CT molecular complexity index is 867. The van der Waals surface area contributed by atoms with Crippen molar-refractivity contribution < 1.29 is 4.79 Å². The van der Waals surface area contributed by atoms with E-state index in [1.54, 1.807) is 23.5 Å². The van der Waals surface area contributed by atoms with Gasteiger partial charge in [0.05, 0.1) is 16.7 Å². The van der Waals surface area contributed by atoms with Crippen LogP contribution in [0.4, 0.5) is 0 Å². The van der Waals surface area contributed by atoms with Gasteiger partial charge in [-0.25, -0.2) is 4.98 Å². The fourth-order valence-corrected chi connectivity index (χ4v) is 4.02. The fourth-order valence-electron chi connectivity index (χ4n) is 2.18. The number of benzene rings is 1. The van der Waals surface area contributed by atoms with Gasteiger partial charge in [-0.15, -0.1) is 16.4 Å². The predicted octanol–water partition coefficient (Wildman–Crippen LogP) is 4.81. The summed E-state index contributed by atoms with van der Waals surface area (Å²) in [6.45, 7) is 1.87. The van der Waals surface area contributed by atoms with Crippen molar-refractivity contribution >= 4 is 52.2 Å². The molecule has 0 spiro atoms. The molecule has 5 nitrogen and oxygen atoms in total. The summed E-state index contributed by atoms with van der Waals surface area (Å²) in [6, 6.07) is 8.92. The quantitative estimate of drug-likeness (QED) is 0.569. The molecule has 0 saturated heterocycles. The lowest BCUT2D eigenvalue weighted by Crippen LogP contribution is -2.28. The van der Waals surface area contributed by atoms with Crippen molar-refractivity contribution in [3.8, 4) is 10.7 Å². The van der Waals surface area contributed by atoms with Crippen LogP contribution in [0.5, 0.6) is 0 Å². The van der Waals surface area contributed by atoms with Crippen LogP contribution in [0.2, 0.25) is 10.0 Å². The highest BCUT2D eigenvalue weighted by Crippen LogP contribution is 2.26. The molecule has 0 aliphatic rings. The first kappa shape index (κ1) is 18.3. The van der Waals surface area contributed by atoms with Gasteiger partial charge in [0.2, 0.25) is 11.1 Å². The molecule has 2 heterocycles. The molecule has 9 heteroatoms. The minimum absolute atomic E-state index is 0.119. The Morgan fingerprint density at radius 3 is 2.96 bits per heavy atom. The molecular formula is C16H14Cl2N4OS2. The Kier molecular flexibility index (Phi) is 6.01. The summed E-state index contributed by atoms with van der Waals surface area (Å²) in [5.74, 6) is 0.808. The minimum Gasteiger partial charge on any atom is -0.349 e. The van der Waals surface area contributed by atoms with E-state index in [-0.39, 0.29) is 17.7 Å². The Labute approximate surface area is 163 Å². The number of carbonyl (C=O) groups is 1. The van der Waals surface area contributed by atoms with Crippen LogP contribution in [0.1, 0.15) is 18.5 Å². The molecule has 0 unspecified atom stereocenters. The second kappa shape index (κ2) is 8.23. The number of hydrogen-bond donors (Lipinski definition) is 2. The number of aromatic nitrogens is 3. The van der Waals surface area contributed by atoms with Gasteiger partial charge in [-0.2, -0.15) is 0 Å². The number of thiophene rings is 1. The molecule has 3 aromatic rings. The molecule has 0 saturated carbocycles. The number of amides is 1. The summed E-state index contributed by atoms with van der Waals surface area (Å²) in [4.78, 5) is 17.5. The van der Waals surface area contributed by atoms with Crippen LogP contribution in [-0.2, 0) is 4.79 Å². The predicted molar refractivity (Wildman–Crippen MR) is 103 cm³/mol. The maximum atomic E-state index is 12.1. The monoisotopic (exact) mass is 412 g/mol. The Morgan fingerprint density at radius 2 is 2.24 bits per heavy atom. The van der Waals surface area contributed by atoms with E-state index in [2.05, 4.69) is 20.5 Å². The molecule has 25 heavy (non-hydrogen) atoms. The van der Waals surface area contributed by atoms with E-state index in [4.69, 9.17) is 23.2 Å². The van der Waals surface area contributed by atoms with Crippen LogP contribution in [0.3, 0.4) is 0 Å². The van der Waals surface area contributed by atoms with Gasteiger partial charge in [-0.1, -0.05) is 47.1 Å². The molecule has 0 radical (unpaired) electrons. The third-order valence-corrected chi connectivity index (χ3v) is 5.64. The lowest BCUT2D eigenvalue weighted by molar-refractivity contribution is -0.119. The van der Waals surface area contributed by atoms with E-state index in [9.17, 15) is 4.79 Å². The first-order valence-corrected chi connectivity index (χ1v) is 9.98. The van der Waals surface area contributed by atoms with Crippen molar-refractivity contribution in [2.24, 2.45) is 0 Å². The smallest absolute Gasteiger partial charge is 0.230 e. The van der Waals surface area contributed by atoms with Gasteiger partial charge in [0.1, 0.15) is 0 Å². The second-order valence-corrected chi connectivity index (χ2v) is 7.92. The highest BCUT2D eigenvalue weighted by atomic mass is 35.5. The molecule has 2 N–H and O–H groups in total.